The van der Waals surface area contributed by atoms with Crippen LogP contribution in [-0.2, 0) is 24.1 Å². The summed E-state index contributed by atoms with van der Waals surface area (Å²) in [5.74, 6) is 1.87. The Morgan fingerprint density at radius 3 is 2.70 bits per heavy atom. The molecule has 2 aliphatic rings. The molecule has 140 valence electrons. The highest BCUT2D eigenvalue weighted by molar-refractivity contribution is 7.19. The Balaban J connectivity index is 1.56. The third kappa shape index (κ3) is 3.57. The number of para-hydroxylation sites is 1. The molecule has 0 unspecified atom stereocenters. The summed E-state index contributed by atoms with van der Waals surface area (Å²) >= 11 is 1.87. The highest BCUT2D eigenvalue weighted by Crippen LogP contribution is 2.39. The van der Waals surface area contributed by atoms with Crippen molar-refractivity contribution in [2.24, 2.45) is 0 Å². The molecule has 1 saturated heterocycles. The lowest BCUT2D eigenvalue weighted by molar-refractivity contribution is 0.0331. The molecular formula is C21H24N4OS. The zero-order valence-electron chi connectivity index (χ0n) is 15.4. The van der Waals surface area contributed by atoms with Crippen LogP contribution >= 0.6 is 11.3 Å². The zero-order chi connectivity index (χ0) is 18.1. The van der Waals surface area contributed by atoms with Crippen molar-refractivity contribution in [3.05, 3.63) is 46.6 Å². The number of anilines is 2. The van der Waals surface area contributed by atoms with Gasteiger partial charge in [-0.25, -0.2) is 9.97 Å². The highest BCUT2D eigenvalue weighted by atomic mass is 32.1. The number of hydrogen-bond acceptors (Lipinski definition) is 6. The maximum Gasteiger partial charge on any atom is 0.146 e. The van der Waals surface area contributed by atoms with Crippen molar-refractivity contribution < 1.29 is 4.74 Å². The van der Waals surface area contributed by atoms with Crippen molar-refractivity contribution in [1.29, 1.82) is 0 Å². The van der Waals surface area contributed by atoms with Crippen LogP contribution in [-0.4, -0.2) is 41.2 Å². The number of benzene rings is 1. The molecule has 0 atom stereocenters. The number of ether oxygens (including phenoxy) is 1. The van der Waals surface area contributed by atoms with Crippen molar-refractivity contribution in [1.82, 2.24) is 14.9 Å². The van der Waals surface area contributed by atoms with Crippen LogP contribution in [0.3, 0.4) is 0 Å². The van der Waals surface area contributed by atoms with E-state index in [0.717, 1.165) is 61.4 Å². The second-order valence-corrected chi connectivity index (χ2v) is 8.34. The average molecular weight is 381 g/mol. The molecule has 0 amide bonds. The van der Waals surface area contributed by atoms with Crippen LogP contribution in [0.2, 0.25) is 0 Å². The zero-order valence-corrected chi connectivity index (χ0v) is 16.2. The number of nitrogens with one attached hydrogen (secondary N) is 1. The molecule has 27 heavy (non-hydrogen) atoms. The van der Waals surface area contributed by atoms with Gasteiger partial charge in [0.05, 0.1) is 25.1 Å². The minimum absolute atomic E-state index is 0.783. The smallest absolute Gasteiger partial charge is 0.146 e. The first-order valence-corrected chi connectivity index (χ1v) is 10.6. The molecule has 3 heterocycles. The van der Waals surface area contributed by atoms with Gasteiger partial charge in [0.15, 0.2) is 0 Å². The number of rotatable bonds is 4. The van der Waals surface area contributed by atoms with Crippen molar-refractivity contribution in [2.45, 2.75) is 32.2 Å². The lowest BCUT2D eigenvalue weighted by Crippen LogP contribution is -2.36. The lowest BCUT2D eigenvalue weighted by atomic mass is 9.97. The average Bonchev–Trinajstić information content (AvgIpc) is 3.08. The summed E-state index contributed by atoms with van der Waals surface area (Å²) in [4.78, 5) is 15.0. The van der Waals surface area contributed by atoms with E-state index in [4.69, 9.17) is 14.7 Å². The topological polar surface area (TPSA) is 50.3 Å². The van der Waals surface area contributed by atoms with Crippen molar-refractivity contribution in [2.75, 3.05) is 31.6 Å². The Kier molecular flexibility index (Phi) is 4.78. The molecule has 0 bridgehead atoms. The van der Waals surface area contributed by atoms with E-state index >= 15 is 0 Å². The SMILES string of the molecule is c1ccc(Nc2nc(CN3CCOCC3)nc3sc4c(c23)CCCC4)cc1. The predicted molar refractivity (Wildman–Crippen MR) is 110 cm³/mol. The van der Waals surface area contributed by atoms with E-state index in [0.29, 0.717) is 0 Å². The molecule has 3 aromatic rings. The third-order valence-corrected chi connectivity index (χ3v) is 6.55. The van der Waals surface area contributed by atoms with Gasteiger partial charge in [-0.2, -0.15) is 0 Å². The van der Waals surface area contributed by atoms with Gasteiger partial charge in [0.2, 0.25) is 0 Å². The van der Waals surface area contributed by atoms with Gasteiger partial charge in [-0.05, 0) is 43.4 Å². The third-order valence-electron chi connectivity index (χ3n) is 5.37. The van der Waals surface area contributed by atoms with Gasteiger partial charge < -0.3 is 10.1 Å². The van der Waals surface area contributed by atoms with Gasteiger partial charge in [-0.15, -0.1) is 11.3 Å². The van der Waals surface area contributed by atoms with Crippen LogP contribution in [0.4, 0.5) is 11.5 Å². The quantitative estimate of drug-likeness (QED) is 0.737. The minimum atomic E-state index is 0.783. The maximum atomic E-state index is 5.47. The van der Waals surface area contributed by atoms with Gasteiger partial charge in [-0.3, -0.25) is 4.90 Å². The summed E-state index contributed by atoms with van der Waals surface area (Å²) in [7, 11) is 0. The number of morpholine rings is 1. The van der Waals surface area contributed by atoms with Gasteiger partial charge in [-0.1, -0.05) is 18.2 Å². The number of hydrogen-bond donors (Lipinski definition) is 1. The Morgan fingerprint density at radius 2 is 1.85 bits per heavy atom. The van der Waals surface area contributed by atoms with E-state index in [1.54, 1.807) is 0 Å². The Labute approximate surface area is 163 Å². The maximum absolute atomic E-state index is 5.47. The predicted octanol–water partition coefficient (Wildman–Crippen LogP) is 4.15. The van der Waals surface area contributed by atoms with Crippen LogP contribution < -0.4 is 5.32 Å². The molecule has 6 heteroatoms. The molecule has 0 spiro atoms. The van der Waals surface area contributed by atoms with Crippen LogP contribution in [0.5, 0.6) is 0 Å². The Bertz CT molecular complexity index is 934. The highest BCUT2D eigenvalue weighted by Gasteiger charge is 2.22. The fourth-order valence-electron chi connectivity index (χ4n) is 3.98. The summed E-state index contributed by atoms with van der Waals surface area (Å²) in [5, 5.41) is 4.81. The second-order valence-electron chi connectivity index (χ2n) is 7.26. The molecule has 0 saturated carbocycles. The van der Waals surface area contributed by atoms with Gasteiger partial charge in [0.25, 0.3) is 0 Å². The summed E-state index contributed by atoms with van der Waals surface area (Å²) < 4.78 is 5.47. The summed E-state index contributed by atoms with van der Waals surface area (Å²) in [6, 6.07) is 10.3. The fourth-order valence-corrected chi connectivity index (χ4v) is 5.26. The van der Waals surface area contributed by atoms with E-state index in [-0.39, 0.29) is 0 Å². The fraction of sp³-hybridized carbons (Fsp3) is 0.429. The molecule has 0 radical (unpaired) electrons. The van der Waals surface area contributed by atoms with E-state index in [1.165, 1.54) is 35.1 Å². The Morgan fingerprint density at radius 1 is 1.04 bits per heavy atom. The summed E-state index contributed by atoms with van der Waals surface area (Å²) in [6.07, 6.45) is 4.87. The molecule has 5 rings (SSSR count). The first kappa shape index (κ1) is 17.1. The molecule has 1 aliphatic heterocycles. The lowest BCUT2D eigenvalue weighted by Gasteiger charge is -2.25. The molecular weight excluding hydrogens is 356 g/mol. The normalized spacial score (nSPS) is 17.8. The second kappa shape index (κ2) is 7.54. The largest absolute Gasteiger partial charge is 0.379 e. The van der Waals surface area contributed by atoms with E-state index in [9.17, 15) is 0 Å². The molecule has 1 aromatic carbocycles. The number of thiophene rings is 1. The summed E-state index contributed by atoms with van der Waals surface area (Å²) in [6.45, 7) is 4.27. The van der Waals surface area contributed by atoms with Gasteiger partial charge in [0, 0.05) is 23.7 Å². The number of fused-ring (bicyclic) bond motifs is 3. The van der Waals surface area contributed by atoms with Crippen molar-refractivity contribution in [3.63, 3.8) is 0 Å². The van der Waals surface area contributed by atoms with E-state index in [2.05, 4.69) is 34.5 Å². The Hall–Kier alpha value is -2.02. The molecule has 1 fully saturated rings. The van der Waals surface area contributed by atoms with Gasteiger partial charge >= 0.3 is 0 Å². The van der Waals surface area contributed by atoms with E-state index in [1.807, 2.05) is 17.4 Å². The summed E-state index contributed by atoms with van der Waals surface area (Å²) in [5.41, 5.74) is 2.54. The van der Waals surface area contributed by atoms with Crippen molar-refractivity contribution >= 4 is 33.1 Å². The van der Waals surface area contributed by atoms with Crippen LogP contribution in [0, 0.1) is 0 Å². The number of nitrogens with zero attached hydrogens (tertiary/aromatic N) is 3. The molecule has 1 N–H and O–H groups in total. The standard InChI is InChI=1S/C21H24N4OS/c1-2-6-15(7-3-1)22-20-19-16-8-4-5-9-17(16)27-21(19)24-18(23-20)14-25-10-12-26-13-11-25/h1-3,6-7H,4-5,8-14H2,(H,22,23,24). The first-order valence-electron chi connectivity index (χ1n) is 9.80. The molecule has 1 aliphatic carbocycles. The minimum Gasteiger partial charge on any atom is -0.379 e. The monoisotopic (exact) mass is 380 g/mol. The first-order chi connectivity index (χ1) is 13.4. The number of aryl methyl sites for hydroxylation is 2. The van der Waals surface area contributed by atoms with Crippen LogP contribution in [0.1, 0.15) is 29.1 Å². The molecule has 2 aromatic heterocycles. The van der Waals surface area contributed by atoms with E-state index < -0.39 is 0 Å². The number of aromatic nitrogens is 2. The van der Waals surface area contributed by atoms with Crippen LogP contribution in [0.25, 0.3) is 10.2 Å². The van der Waals surface area contributed by atoms with Gasteiger partial charge in [0.1, 0.15) is 16.5 Å². The van der Waals surface area contributed by atoms with Crippen LogP contribution in [0.15, 0.2) is 30.3 Å². The molecule has 5 nitrogen and oxygen atoms in total. The van der Waals surface area contributed by atoms with Crippen molar-refractivity contribution in [3.8, 4) is 0 Å².